The van der Waals surface area contributed by atoms with Crippen LogP contribution in [0.15, 0.2) is 0 Å². The second-order valence-corrected chi connectivity index (χ2v) is 39.8. The maximum atomic E-state index is 12.5. The predicted octanol–water partition coefficient (Wildman–Crippen LogP) is 29.3. The summed E-state index contributed by atoms with van der Waals surface area (Å²) in [7, 11) is 59.3. The van der Waals surface area contributed by atoms with E-state index in [2.05, 4.69) is 325 Å². The molecule has 1 aliphatic rings. The van der Waals surface area contributed by atoms with Gasteiger partial charge in [-0.05, 0) is 260 Å². The van der Waals surface area contributed by atoms with Crippen LogP contribution >= 0.6 is 0 Å². The molecular weight excluding hydrogens is 3500 g/mol. The Morgan fingerprint density at radius 2 is 0.549 bits per heavy atom. The molecule has 0 aromatic carbocycles. The Morgan fingerprint density at radius 1 is 0.306 bits per heavy atom. The number of rotatable bonds is 36. The number of ether oxygens (including phenoxy) is 1. The van der Waals surface area contributed by atoms with Crippen LogP contribution in [-0.4, -0.2) is 331 Å². The summed E-state index contributed by atoms with van der Waals surface area (Å²) in [5.74, 6) is 2.99. The van der Waals surface area contributed by atoms with E-state index in [-0.39, 0.29) is 222 Å². The van der Waals surface area contributed by atoms with E-state index in [0.29, 0.717) is 65.1 Å². The summed E-state index contributed by atoms with van der Waals surface area (Å²) >= 11 is 0. The number of likely N-dealkylation sites (N-methyl/N-ethyl adjacent to an activating group) is 8. The molecule has 0 aromatic rings. The van der Waals surface area contributed by atoms with Gasteiger partial charge >= 0.3 is 211 Å². The summed E-state index contributed by atoms with van der Waals surface area (Å²) in [5, 5.41) is 0. The molecule has 884 valence electrons. The van der Waals surface area contributed by atoms with Crippen LogP contribution in [0.1, 0.15) is 338 Å². The van der Waals surface area contributed by atoms with Crippen LogP contribution in [0.25, 0.3) is 0 Å². The second kappa shape index (κ2) is 171. The van der Waals surface area contributed by atoms with E-state index in [1.807, 2.05) is 276 Å². The predicted molar refractivity (Wildman–Crippen MR) is 621 cm³/mol. The molecule has 16 nitrogen and oxygen atoms in total. The SMILES string of the molecule is CC(C)CN(C)CCN(C)C(C)C.C[CH-]C.C[CH-]C.C[CH-]C.C[CH-]C.C[CH-]C.C[CH-]C.C[CH-]C.C[CH-]C.C[CH-]C.C[CH-]C.[CH2-]CN(C)CCN(C)CCN(C)C(C)C.[CH2-]COCCN(C)C(C)C.[CH2-]N(C)C(C)(C)C(C)C.[CH2-]N(C)C(C)C.[CH2-]N(C)C(C)C(C)C.[CH2-]N(C)C(F)(F)C(C)C.[CH2-]N(C)C(F)C(C)C.[CH2-]N(C)C1(C(C)C)CC1.[CH2-]N(C)CC(C)C.[CH2-]N(C)CCN(C)C(C)C.[W+2].[W+2].[W+2].[W+2].[W+2].[W+2].[W+2].[W+2].[W+2].[W+2]. The smallest absolute Gasteiger partial charge is 0.462 e. The zero-order chi connectivity index (χ0) is 112. The van der Waals surface area contributed by atoms with Gasteiger partial charge in [-0.1, -0.05) is 124 Å². The van der Waals surface area contributed by atoms with Crippen molar-refractivity contribution in [3.05, 3.63) is 134 Å². The molecule has 0 radical (unpaired) electrons. The molecule has 0 amide bonds. The third kappa shape index (κ3) is 230. The van der Waals surface area contributed by atoms with Gasteiger partial charge in [-0.2, -0.15) is 147 Å². The zero-order valence-corrected chi connectivity index (χ0v) is 137. The molecule has 1 fully saturated rings. The quantitative estimate of drug-likeness (QED) is 0.0340. The van der Waals surface area contributed by atoms with Crippen LogP contribution in [0, 0.1) is 176 Å². The van der Waals surface area contributed by atoms with Crippen molar-refractivity contribution in [1.82, 2.24) is 73.5 Å². The molecule has 0 aliphatic heterocycles. The van der Waals surface area contributed by atoms with Crippen molar-refractivity contribution in [1.29, 1.82) is 0 Å². The van der Waals surface area contributed by atoms with Gasteiger partial charge in [0.15, 0.2) is 0 Å². The van der Waals surface area contributed by atoms with E-state index >= 15 is 0 Å². The van der Waals surface area contributed by atoms with Crippen LogP contribution in [-0.2, 0) is 215 Å². The zero-order valence-electron chi connectivity index (χ0n) is 108. The van der Waals surface area contributed by atoms with E-state index in [1.54, 1.807) is 7.05 Å². The fraction of sp³-hybridized carbons (Fsp3) is 0.826. The molecule has 2 atom stereocenters. The fourth-order valence-electron chi connectivity index (χ4n) is 7.66. The molecule has 0 aromatic heterocycles. The maximum Gasteiger partial charge on any atom is 2.00 e. The Morgan fingerprint density at radius 3 is 0.660 bits per heavy atom. The summed E-state index contributed by atoms with van der Waals surface area (Å²) in [5.41, 5.74) is 0.694. The Kier molecular flexibility index (Phi) is 275. The van der Waals surface area contributed by atoms with Crippen LogP contribution in [0.2, 0.25) is 0 Å². The minimum absolute atomic E-state index is 0. The molecule has 144 heavy (non-hydrogen) atoms. The standard InChI is InChI=1S/C12H28N3.C11H26N2.C8H19N2.C8H18NO.C8H16N.C8H18N.C7H16N.C6H12F2N.C6H13FN.C6H14N.C5H12N.10C3H7.10W/c1-7-13(4)8-9-14(5)10-11-15(6)12(2)3;1-10(2)9-12(5)7-8-13(6)11(3)4;1-8(2)10(5)7-6-9(3)4;1-5-10-7-6-9(4)8(2)3;1-7(2)8(5-6-8)9(3)4;1-7(2)8(3,4)9(5)6;1-6(2)7(3)8(4)5;1-5(2)6(7,8)9(3)4;1-5(2)6(7)8(3)4;1-6(2)5-7(3)4;1-5(2)6(3)4;10*1-3-2;;;;;;;;;;/h12H,1,7-11H2,2-6H3;10-11H,7-9H2,1-6H3;8H,3,6-7H2,1-2,4-5H3;8H,1,5-7H2,2-4H3;7H,3,5-6H2,1-2,4H3;7H,5H2,1-4,6H3;6-7H,4H2,1-3,5H3;5H,3H2,1-2,4H3;5-6H,3H2,1-2,4H3;6H,3,5H2,1-2,4H3;5H,3H2,1-2,4H3;10*3H,1-2H3;;;;;;;;;;/q-1;;19*-1;10*+2. The molecule has 0 saturated heterocycles. The van der Waals surface area contributed by atoms with Gasteiger partial charge in [0, 0.05) is 89.0 Å². The largest absolute Gasteiger partial charge is 2.00 e. The van der Waals surface area contributed by atoms with Gasteiger partial charge in [0.2, 0.25) is 0 Å². The van der Waals surface area contributed by atoms with Crippen molar-refractivity contribution in [3.8, 4) is 0 Å². The molecule has 1 saturated carbocycles. The molecule has 0 heterocycles. The van der Waals surface area contributed by atoms with Crippen molar-refractivity contribution in [2.45, 2.75) is 398 Å². The first-order valence-corrected chi connectivity index (χ1v) is 50.7. The fourth-order valence-corrected chi connectivity index (χ4v) is 7.66. The summed E-state index contributed by atoms with van der Waals surface area (Å²) in [4.78, 5) is 30.3. The van der Waals surface area contributed by atoms with Crippen molar-refractivity contribution >= 4 is 0 Å². The van der Waals surface area contributed by atoms with E-state index in [1.165, 1.54) is 58.3 Å². The number of nitrogens with zero attached hydrogens (tertiary/aromatic N) is 15. The summed E-state index contributed by atoms with van der Waals surface area (Å²) < 4.78 is 42.7. The molecule has 0 spiro atoms. The first kappa shape index (κ1) is 231. The molecule has 2 unspecified atom stereocenters. The maximum absolute atomic E-state index is 12.5. The minimum Gasteiger partial charge on any atom is -0.462 e. The monoisotopic (exact) mass is 3770 g/mol. The molecule has 1 aliphatic carbocycles. The Labute approximate surface area is 1060 Å². The number of hydrogen-bond donors (Lipinski definition) is 0. The van der Waals surface area contributed by atoms with Gasteiger partial charge in [0.05, 0.1) is 6.61 Å². The first-order chi connectivity index (χ1) is 61.0. The van der Waals surface area contributed by atoms with E-state index in [9.17, 15) is 13.2 Å². The Balaban J connectivity index is -0.0000000344. The van der Waals surface area contributed by atoms with Crippen molar-refractivity contribution in [2.75, 3.05) is 197 Å². The van der Waals surface area contributed by atoms with Gasteiger partial charge < -0.3 is 156 Å². The average molecular weight is 3770 g/mol. The van der Waals surface area contributed by atoms with E-state index < -0.39 is 18.3 Å². The normalized spacial score (nSPS) is 11.1. The number of hydrogen-bond acceptors (Lipinski definition) is 16. The first-order valence-electron chi connectivity index (χ1n) is 50.7. The van der Waals surface area contributed by atoms with Crippen LogP contribution in [0.5, 0.6) is 0 Å². The van der Waals surface area contributed by atoms with Crippen LogP contribution < -0.4 is 0 Å². The van der Waals surface area contributed by atoms with Gasteiger partial charge in [-0.25, -0.2) is 4.39 Å². The van der Waals surface area contributed by atoms with Crippen LogP contribution in [0.3, 0.4) is 0 Å². The van der Waals surface area contributed by atoms with Crippen molar-refractivity contribution in [2.24, 2.45) is 41.4 Å². The van der Waals surface area contributed by atoms with Gasteiger partial charge in [0.1, 0.15) is 6.30 Å². The average Bonchev–Trinajstić information content (AvgIpc) is 1.63. The number of halogens is 3. The third-order valence-electron chi connectivity index (χ3n) is 19.1. The minimum atomic E-state index is -2.78. The van der Waals surface area contributed by atoms with Gasteiger partial charge in [-0.15, -0.1) is 6.54 Å². The van der Waals surface area contributed by atoms with Gasteiger partial charge in [-0.3, -0.25) is 56.4 Å². The summed E-state index contributed by atoms with van der Waals surface area (Å²) in [6.07, 6.45) is 21.8. The third-order valence-corrected chi connectivity index (χ3v) is 19.1. The summed E-state index contributed by atoms with van der Waals surface area (Å²) in [6.45, 7) is 119. The molecular formula is C115H262F3N15OW10. The topological polar surface area (TPSA) is 57.8 Å². The molecule has 1 rings (SSSR count). The van der Waals surface area contributed by atoms with Crippen molar-refractivity contribution < 1.29 is 229 Å². The Bertz CT molecular complexity index is 1800. The van der Waals surface area contributed by atoms with E-state index in [0.717, 1.165) is 83.3 Å². The summed E-state index contributed by atoms with van der Waals surface area (Å²) in [6, 6.07) is 0.932. The van der Waals surface area contributed by atoms with Crippen LogP contribution in [0.4, 0.5) is 13.2 Å². The second-order valence-electron chi connectivity index (χ2n) is 39.8. The molecule has 29 heteroatoms. The number of alkyl halides is 3. The Hall–Kier alpha value is 6.03. The molecule has 0 bridgehead atoms. The van der Waals surface area contributed by atoms with Gasteiger partial charge in [0.25, 0.3) is 6.05 Å². The van der Waals surface area contributed by atoms with E-state index in [4.69, 9.17) is 4.74 Å². The molecule has 0 N–H and O–H groups in total. The van der Waals surface area contributed by atoms with Crippen molar-refractivity contribution in [3.63, 3.8) is 0 Å².